The van der Waals surface area contributed by atoms with Crippen LogP contribution in [0, 0.1) is 6.92 Å². The molecule has 0 aliphatic heterocycles. The Labute approximate surface area is 93.8 Å². The normalized spacial score (nSPS) is 9.85. The number of rotatable bonds is 2. The van der Waals surface area contributed by atoms with E-state index in [0.717, 1.165) is 5.56 Å². The van der Waals surface area contributed by atoms with Crippen LogP contribution in [0.15, 0.2) is 18.2 Å². The Hall–Kier alpha value is -0.260. The Balaban J connectivity index is 3.34. The van der Waals surface area contributed by atoms with Crippen molar-refractivity contribution < 1.29 is 4.79 Å². The number of anilines is 1. The Bertz CT molecular complexity index is 338. The van der Waals surface area contributed by atoms with Gasteiger partial charge in [-0.1, -0.05) is 37.8 Å². The van der Waals surface area contributed by atoms with Gasteiger partial charge >= 0.3 is 0 Å². The van der Waals surface area contributed by atoms with E-state index in [1.54, 1.807) is 12.1 Å². The SMILES string of the molecule is Cc1cccc(C(=O)S)c1N(S)S. The number of hydrogen-bond acceptors (Lipinski definition) is 4. The third-order valence-electron chi connectivity index (χ3n) is 1.67. The van der Waals surface area contributed by atoms with Crippen LogP contribution < -0.4 is 3.71 Å². The fourth-order valence-corrected chi connectivity index (χ4v) is 1.81. The summed E-state index contributed by atoms with van der Waals surface area (Å²) in [7, 11) is 0. The van der Waals surface area contributed by atoms with E-state index >= 15 is 0 Å². The molecule has 0 fully saturated rings. The molecule has 0 unspecified atom stereocenters. The monoisotopic (exact) mass is 231 g/mol. The molecule has 70 valence electrons. The Morgan fingerprint density at radius 2 is 2.00 bits per heavy atom. The highest BCUT2D eigenvalue weighted by molar-refractivity contribution is 8.00. The van der Waals surface area contributed by atoms with Crippen molar-refractivity contribution in [1.82, 2.24) is 0 Å². The van der Waals surface area contributed by atoms with E-state index in [2.05, 4.69) is 38.3 Å². The zero-order valence-corrected chi connectivity index (χ0v) is 9.61. The summed E-state index contributed by atoms with van der Waals surface area (Å²) >= 11 is 11.8. The number of hydrogen-bond donors (Lipinski definition) is 3. The maximum Gasteiger partial charge on any atom is 0.218 e. The second kappa shape index (κ2) is 4.30. The summed E-state index contributed by atoms with van der Waals surface area (Å²) in [6.07, 6.45) is 0. The van der Waals surface area contributed by atoms with E-state index in [0.29, 0.717) is 11.3 Å². The Morgan fingerprint density at radius 1 is 1.38 bits per heavy atom. The van der Waals surface area contributed by atoms with E-state index in [4.69, 9.17) is 0 Å². The summed E-state index contributed by atoms with van der Waals surface area (Å²) in [6.45, 7) is 1.88. The second-order valence-electron chi connectivity index (χ2n) is 2.57. The lowest BCUT2D eigenvalue weighted by atomic mass is 10.1. The molecular weight excluding hydrogens is 222 g/mol. The molecule has 0 aromatic heterocycles. The number of nitrogens with zero attached hydrogens (tertiary/aromatic N) is 1. The first-order valence-corrected chi connectivity index (χ1v) is 4.79. The van der Waals surface area contributed by atoms with Crippen LogP contribution in [0.1, 0.15) is 15.9 Å². The molecule has 0 bridgehead atoms. The van der Waals surface area contributed by atoms with E-state index < -0.39 is 0 Å². The van der Waals surface area contributed by atoms with Gasteiger partial charge in [0.2, 0.25) is 5.12 Å². The highest BCUT2D eigenvalue weighted by Gasteiger charge is 2.12. The maximum atomic E-state index is 11.1. The summed E-state index contributed by atoms with van der Waals surface area (Å²) in [4.78, 5) is 11.1. The Morgan fingerprint density at radius 3 is 2.38 bits per heavy atom. The quantitative estimate of drug-likeness (QED) is 0.680. The molecule has 1 rings (SSSR count). The van der Waals surface area contributed by atoms with Crippen molar-refractivity contribution >= 4 is 49.1 Å². The van der Waals surface area contributed by atoms with Gasteiger partial charge < -0.3 is 0 Å². The minimum atomic E-state index is -0.285. The first kappa shape index (κ1) is 10.8. The van der Waals surface area contributed by atoms with Gasteiger partial charge in [-0.3, -0.25) is 8.51 Å². The largest absolute Gasteiger partial charge is 0.282 e. The predicted molar refractivity (Wildman–Crippen MR) is 64.9 cm³/mol. The molecule has 2 nitrogen and oxygen atoms in total. The van der Waals surface area contributed by atoms with Crippen LogP contribution in [-0.2, 0) is 0 Å². The summed E-state index contributed by atoms with van der Waals surface area (Å²) in [5.41, 5.74) is 2.12. The molecule has 0 saturated carbocycles. The van der Waals surface area contributed by atoms with Gasteiger partial charge in [0.1, 0.15) is 0 Å². The van der Waals surface area contributed by atoms with E-state index in [9.17, 15) is 4.79 Å². The molecule has 0 atom stereocenters. The zero-order valence-electron chi connectivity index (χ0n) is 6.93. The second-order valence-corrected chi connectivity index (χ2v) is 4.09. The molecule has 0 aliphatic rings. The first-order chi connectivity index (χ1) is 6.04. The third-order valence-corrected chi connectivity index (χ3v) is 2.31. The average Bonchev–Trinajstić information content (AvgIpc) is 2.02. The smallest absolute Gasteiger partial charge is 0.218 e. The highest BCUT2D eigenvalue weighted by atomic mass is 32.2. The standard InChI is InChI=1S/C8H9NOS3/c1-5-3-2-4-6(8(10)11)7(5)9(12)13/h2-4,12-13H,1H3,(H,10,11). The number of carbonyl (C=O) groups is 1. The molecule has 1 aromatic rings. The van der Waals surface area contributed by atoms with Gasteiger partial charge in [0.05, 0.1) is 11.3 Å². The van der Waals surface area contributed by atoms with Crippen LogP contribution in [0.4, 0.5) is 5.69 Å². The number of carbonyl (C=O) groups excluding carboxylic acids is 1. The van der Waals surface area contributed by atoms with Crippen molar-refractivity contribution in [3.63, 3.8) is 0 Å². The average molecular weight is 231 g/mol. The van der Waals surface area contributed by atoms with Crippen molar-refractivity contribution in [3.05, 3.63) is 29.3 Å². The number of benzene rings is 1. The molecule has 0 amide bonds. The zero-order chi connectivity index (χ0) is 10.0. The molecule has 0 radical (unpaired) electrons. The maximum absolute atomic E-state index is 11.1. The van der Waals surface area contributed by atoms with Crippen LogP contribution in [0.25, 0.3) is 0 Å². The van der Waals surface area contributed by atoms with Gasteiger partial charge in [-0.25, -0.2) is 0 Å². The van der Waals surface area contributed by atoms with E-state index in [-0.39, 0.29) is 5.12 Å². The van der Waals surface area contributed by atoms with Crippen molar-refractivity contribution in [2.45, 2.75) is 6.92 Å². The van der Waals surface area contributed by atoms with Crippen molar-refractivity contribution in [2.24, 2.45) is 0 Å². The van der Waals surface area contributed by atoms with Crippen molar-refractivity contribution in [1.29, 1.82) is 0 Å². The fourth-order valence-electron chi connectivity index (χ4n) is 1.10. The lowest BCUT2D eigenvalue weighted by Crippen LogP contribution is -2.03. The minimum absolute atomic E-state index is 0.285. The molecule has 1 aromatic carbocycles. The summed E-state index contributed by atoms with van der Waals surface area (Å²) < 4.78 is 1.32. The molecule has 0 spiro atoms. The van der Waals surface area contributed by atoms with Gasteiger partial charge in [0, 0.05) is 0 Å². The third kappa shape index (κ3) is 2.36. The van der Waals surface area contributed by atoms with Crippen LogP contribution in [-0.4, -0.2) is 5.12 Å². The van der Waals surface area contributed by atoms with Crippen LogP contribution in [0.5, 0.6) is 0 Å². The van der Waals surface area contributed by atoms with Gasteiger partial charge in [-0.05, 0) is 18.6 Å². The molecule has 13 heavy (non-hydrogen) atoms. The first-order valence-electron chi connectivity index (χ1n) is 3.55. The predicted octanol–water partition coefficient (Wildman–Crippen LogP) is 2.56. The summed E-state index contributed by atoms with van der Waals surface area (Å²) in [6, 6.07) is 5.37. The van der Waals surface area contributed by atoms with Gasteiger partial charge in [-0.2, -0.15) is 0 Å². The molecule has 0 N–H and O–H groups in total. The number of para-hydroxylation sites is 1. The van der Waals surface area contributed by atoms with E-state index in [1.807, 2.05) is 13.0 Å². The summed E-state index contributed by atoms with van der Waals surface area (Å²) in [5.74, 6) is 0. The lowest BCUT2D eigenvalue weighted by molar-refractivity contribution is 0.109. The molecule has 0 saturated heterocycles. The molecule has 0 aliphatic carbocycles. The number of thiol groups is 3. The highest BCUT2D eigenvalue weighted by Crippen LogP contribution is 2.28. The fraction of sp³-hybridized carbons (Fsp3) is 0.125. The lowest BCUT2D eigenvalue weighted by Gasteiger charge is -2.15. The van der Waals surface area contributed by atoms with Gasteiger partial charge in [0.15, 0.2) is 0 Å². The minimum Gasteiger partial charge on any atom is -0.282 e. The molecular formula is C8H9NOS3. The van der Waals surface area contributed by atoms with Gasteiger partial charge in [0.25, 0.3) is 0 Å². The van der Waals surface area contributed by atoms with Gasteiger partial charge in [-0.15, -0.1) is 12.6 Å². The topological polar surface area (TPSA) is 20.3 Å². The van der Waals surface area contributed by atoms with Crippen molar-refractivity contribution in [3.8, 4) is 0 Å². The summed E-state index contributed by atoms with van der Waals surface area (Å²) in [5, 5.41) is -0.285. The number of aryl methyl sites for hydroxylation is 1. The van der Waals surface area contributed by atoms with Crippen LogP contribution in [0.3, 0.4) is 0 Å². The Kier molecular flexibility index (Phi) is 3.58. The van der Waals surface area contributed by atoms with Crippen LogP contribution in [0.2, 0.25) is 0 Å². The molecule has 5 heteroatoms. The van der Waals surface area contributed by atoms with Crippen molar-refractivity contribution in [2.75, 3.05) is 3.71 Å². The molecule has 0 heterocycles. The van der Waals surface area contributed by atoms with Crippen LogP contribution >= 0.6 is 38.3 Å². The van der Waals surface area contributed by atoms with E-state index in [1.165, 1.54) is 3.71 Å².